The van der Waals surface area contributed by atoms with Crippen molar-refractivity contribution in [3.05, 3.63) is 23.2 Å². The molecular formula is C17H29N3O5. The van der Waals surface area contributed by atoms with Crippen molar-refractivity contribution >= 4 is 11.9 Å². The second-order valence-corrected chi connectivity index (χ2v) is 5.25. The molecule has 1 heterocycles. The first kappa shape index (κ1) is 21.0. The fraction of sp³-hybridized carbons (Fsp3) is 0.647. The highest BCUT2D eigenvalue weighted by Crippen LogP contribution is 2.16. The Labute approximate surface area is 148 Å². The second-order valence-electron chi connectivity index (χ2n) is 5.25. The zero-order valence-electron chi connectivity index (χ0n) is 15.5. The number of ether oxygens (including phenoxy) is 3. The maximum atomic E-state index is 11.6. The molecule has 0 saturated heterocycles. The third-order valence-corrected chi connectivity index (χ3v) is 3.30. The molecule has 25 heavy (non-hydrogen) atoms. The highest BCUT2D eigenvalue weighted by molar-refractivity contribution is 5.90. The average Bonchev–Trinajstić information content (AvgIpc) is 2.98. The molecule has 1 aromatic heterocycles. The Balaban J connectivity index is 2.46. The van der Waals surface area contributed by atoms with Gasteiger partial charge in [0.2, 0.25) is 0 Å². The number of hydrogen-bond acceptors (Lipinski definition) is 6. The van der Waals surface area contributed by atoms with Gasteiger partial charge in [-0.1, -0.05) is 0 Å². The second kappa shape index (κ2) is 12.3. The third kappa shape index (κ3) is 8.04. The van der Waals surface area contributed by atoms with Crippen molar-refractivity contribution in [2.24, 2.45) is 4.99 Å². The number of furan rings is 1. The van der Waals surface area contributed by atoms with Crippen LogP contribution in [0.25, 0.3) is 0 Å². The van der Waals surface area contributed by atoms with E-state index in [0.29, 0.717) is 49.4 Å². The van der Waals surface area contributed by atoms with Crippen LogP contribution in [0.3, 0.4) is 0 Å². The van der Waals surface area contributed by atoms with Gasteiger partial charge >= 0.3 is 5.97 Å². The van der Waals surface area contributed by atoms with E-state index < -0.39 is 5.97 Å². The predicted molar refractivity (Wildman–Crippen MR) is 94.9 cm³/mol. The number of guanidine groups is 1. The summed E-state index contributed by atoms with van der Waals surface area (Å²) in [4.78, 5) is 16.1. The van der Waals surface area contributed by atoms with Crippen molar-refractivity contribution in [2.75, 3.05) is 47.1 Å². The standard InChI is InChI=1S/C17H29N3O5/c1-5-18-17(19-7-6-8-24-10-9-22-3)20-12-14-11-15(13(2)25-14)16(21)23-4/h11H,5-10,12H2,1-4H3,(H2,18,19,20). The van der Waals surface area contributed by atoms with E-state index in [1.165, 1.54) is 7.11 Å². The smallest absolute Gasteiger partial charge is 0.341 e. The summed E-state index contributed by atoms with van der Waals surface area (Å²) in [6.45, 7) is 7.42. The predicted octanol–water partition coefficient (Wildman–Crippen LogP) is 1.48. The van der Waals surface area contributed by atoms with E-state index in [1.54, 1.807) is 20.1 Å². The van der Waals surface area contributed by atoms with Crippen molar-refractivity contribution in [1.82, 2.24) is 10.6 Å². The molecule has 0 bridgehead atoms. The lowest BCUT2D eigenvalue weighted by molar-refractivity contribution is 0.0599. The highest BCUT2D eigenvalue weighted by Gasteiger charge is 2.15. The van der Waals surface area contributed by atoms with Gasteiger partial charge < -0.3 is 29.3 Å². The molecule has 0 unspecified atom stereocenters. The summed E-state index contributed by atoms with van der Waals surface area (Å²) in [6, 6.07) is 1.66. The summed E-state index contributed by atoms with van der Waals surface area (Å²) in [5, 5.41) is 6.40. The zero-order valence-corrected chi connectivity index (χ0v) is 15.5. The molecular weight excluding hydrogens is 326 g/mol. The van der Waals surface area contributed by atoms with E-state index in [4.69, 9.17) is 18.6 Å². The van der Waals surface area contributed by atoms with Crippen LogP contribution in [0.15, 0.2) is 15.5 Å². The van der Waals surface area contributed by atoms with E-state index in [1.807, 2.05) is 6.92 Å². The Morgan fingerprint density at radius 2 is 2.04 bits per heavy atom. The van der Waals surface area contributed by atoms with Crippen LogP contribution in [-0.2, 0) is 20.8 Å². The van der Waals surface area contributed by atoms with E-state index in [2.05, 4.69) is 15.6 Å². The summed E-state index contributed by atoms with van der Waals surface area (Å²) in [5.74, 6) is 1.42. The van der Waals surface area contributed by atoms with Gasteiger partial charge in [-0.2, -0.15) is 0 Å². The number of carbonyl (C=O) groups is 1. The molecule has 0 aliphatic carbocycles. The lowest BCUT2D eigenvalue weighted by atomic mass is 10.2. The van der Waals surface area contributed by atoms with Gasteiger partial charge in [-0.3, -0.25) is 0 Å². The van der Waals surface area contributed by atoms with Crippen LogP contribution in [0.4, 0.5) is 0 Å². The third-order valence-electron chi connectivity index (χ3n) is 3.30. The molecule has 0 aliphatic rings. The van der Waals surface area contributed by atoms with Crippen LogP contribution < -0.4 is 10.6 Å². The van der Waals surface area contributed by atoms with Crippen molar-refractivity contribution in [3.63, 3.8) is 0 Å². The number of hydrogen-bond donors (Lipinski definition) is 2. The Morgan fingerprint density at radius 1 is 1.24 bits per heavy atom. The van der Waals surface area contributed by atoms with Gasteiger partial charge in [-0.05, 0) is 26.3 Å². The lowest BCUT2D eigenvalue weighted by Gasteiger charge is -2.11. The number of nitrogens with zero attached hydrogens (tertiary/aromatic N) is 1. The van der Waals surface area contributed by atoms with E-state index in [-0.39, 0.29) is 0 Å². The van der Waals surface area contributed by atoms with Crippen LogP contribution >= 0.6 is 0 Å². The van der Waals surface area contributed by atoms with Gasteiger partial charge in [0, 0.05) is 26.8 Å². The van der Waals surface area contributed by atoms with Gasteiger partial charge in [0.25, 0.3) is 0 Å². The number of nitrogens with one attached hydrogen (secondary N) is 2. The molecule has 8 heteroatoms. The molecule has 0 saturated carbocycles. The van der Waals surface area contributed by atoms with Gasteiger partial charge in [0.15, 0.2) is 5.96 Å². The number of rotatable bonds is 11. The Hall–Kier alpha value is -2.06. The number of aryl methyl sites for hydroxylation is 1. The van der Waals surface area contributed by atoms with Crippen LogP contribution in [0.5, 0.6) is 0 Å². The molecule has 1 rings (SSSR count). The minimum Gasteiger partial charge on any atom is -0.465 e. The monoisotopic (exact) mass is 355 g/mol. The van der Waals surface area contributed by atoms with Gasteiger partial charge in [-0.25, -0.2) is 9.79 Å². The Morgan fingerprint density at radius 3 is 2.72 bits per heavy atom. The summed E-state index contributed by atoms with van der Waals surface area (Å²) in [6.07, 6.45) is 0.862. The van der Waals surface area contributed by atoms with E-state index >= 15 is 0 Å². The van der Waals surface area contributed by atoms with Crippen LogP contribution in [0, 0.1) is 6.92 Å². The van der Waals surface area contributed by atoms with Crippen molar-refractivity contribution in [2.45, 2.75) is 26.8 Å². The molecule has 1 aromatic rings. The first-order valence-electron chi connectivity index (χ1n) is 8.38. The lowest BCUT2D eigenvalue weighted by Crippen LogP contribution is -2.38. The van der Waals surface area contributed by atoms with Crippen molar-refractivity contribution in [3.8, 4) is 0 Å². The zero-order chi connectivity index (χ0) is 18.5. The number of methoxy groups -OCH3 is 2. The number of carbonyl (C=O) groups excluding carboxylic acids is 1. The minimum atomic E-state index is -0.407. The van der Waals surface area contributed by atoms with Gasteiger partial charge in [-0.15, -0.1) is 0 Å². The van der Waals surface area contributed by atoms with Gasteiger partial charge in [0.1, 0.15) is 23.6 Å². The normalized spacial score (nSPS) is 11.4. The van der Waals surface area contributed by atoms with Crippen LogP contribution in [-0.4, -0.2) is 59.1 Å². The molecule has 2 N–H and O–H groups in total. The molecule has 0 aromatic carbocycles. The fourth-order valence-corrected chi connectivity index (χ4v) is 2.06. The number of aliphatic imine (C=N–C) groups is 1. The minimum absolute atomic E-state index is 0.331. The molecule has 0 atom stereocenters. The average molecular weight is 355 g/mol. The van der Waals surface area contributed by atoms with E-state index in [0.717, 1.165) is 19.5 Å². The first-order valence-corrected chi connectivity index (χ1v) is 8.38. The highest BCUT2D eigenvalue weighted by atomic mass is 16.5. The van der Waals surface area contributed by atoms with Crippen LogP contribution in [0.2, 0.25) is 0 Å². The van der Waals surface area contributed by atoms with Gasteiger partial charge in [0.05, 0.1) is 20.3 Å². The molecule has 142 valence electrons. The SMILES string of the molecule is CCNC(=NCc1cc(C(=O)OC)c(C)o1)NCCCOCCOC. The summed E-state index contributed by atoms with van der Waals surface area (Å²) >= 11 is 0. The summed E-state index contributed by atoms with van der Waals surface area (Å²) in [5.41, 5.74) is 0.430. The quantitative estimate of drug-likeness (QED) is 0.269. The fourth-order valence-electron chi connectivity index (χ4n) is 2.06. The molecule has 8 nitrogen and oxygen atoms in total. The Kier molecular flexibility index (Phi) is 10.3. The number of esters is 1. The molecule has 0 aliphatic heterocycles. The maximum Gasteiger partial charge on any atom is 0.341 e. The molecule has 0 amide bonds. The molecule has 0 spiro atoms. The van der Waals surface area contributed by atoms with Crippen LogP contribution in [0.1, 0.15) is 35.2 Å². The van der Waals surface area contributed by atoms with E-state index in [9.17, 15) is 4.79 Å². The largest absolute Gasteiger partial charge is 0.465 e. The maximum absolute atomic E-state index is 11.6. The Bertz CT molecular complexity index is 542. The van der Waals surface area contributed by atoms with Crippen molar-refractivity contribution < 1.29 is 23.4 Å². The topological polar surface area (TPSA) is 94.3 Å². The summed E-state index contributed by atoms with van der Waals surface area (Å²) < 4.78 is 20.6. The first-order chi connectivity index (χ1) is 12.1. The molecule has 0 radical (unpaired) electrons. The molecule has 0 fully saturated rings. The summed E-state index contributed by atoms with van der Waals surface area (Å²) in [7, 11) is 3.00. The van der Waals surface area contributed by atoms with Crippen molar-refractivity contribution in [1.29, 1.82) is 0 Å².